The van der Waals surface area contributed by atoms with Crippen molar-refractivity contribution in [1.29, 1.82) is 0 Å². The Bertz CT molecular complexity index is 522. The van der Waals surface area contributed by atoms with Crippen LogP contribution in [0.1, 0.15) is 24.8 Å². The lowest BCUT2D eigenvalue weighted by Crippen LogP contribution is -2.36. The maximum absolute atomic E-state index is 13.7. The summed E-state index contributed by atoms with van der Waals surface area (Å²) in [6.07, 6.45) is 4.93. The summed E-state index contributed by atoms with van der Waals surface area (Å²) in [4.78, 5) is -0.141. The summed E-state index contributed by atoms with van der Waals surface area (Å²) in [5.41, 5.74) is 0.580. The van der Waals surface area contributed by atoms with Gasteiger partial charge >= 0.3 is 0 Å². The van der Waals surface area contributed by atoms with E-state index in [4.69, 9.17) is 0 Å². The SMILES string of the molecule is CS(=O)(=O)c1c(F)cccc1CC1CCCCN1. The van der Waals surface area contributed by atoms with Gasteiger partial charge in [-0.15, -0.1) is 0 Å². The molecule has 1 heterocycles. The van der Waals surface area contributed by atoms with Gasteiger partial charge in [0.15, 0.2) is 9.84 Å². The average Bonchev–Trinajstić information content (AvgIpc) is 2.28. The van der Waals surface area contributed by atoms with Gasteiger partial charge in [-0.25, -0.2) is 12.8 Å². The largest absolute Gasteiger partial charge is 0.314 e. The van der Waals surface area contributed by atoms with Gasteiger partial charge in [0, 0.05) is 12.3 Å². The minimum atomic E-state index is -3.52. The predicted molar refractivity (Wildman–Crippen MR) is 68.9 cm³/mol. The number of hydrogen-bond donors (Lipinski definition) is 1. The quantitative estimate of drug-likeness (QED) is 0.913. The normalized spacial score (nSPS) is 20.9. The molecule has 1 aliphatic rings. The first kappa shape index (κ1) is 13.5. The highest BCUT2D eigenvalue weighted by molar-refractivity contribution is 7.90. The second-order valence-electron chi connectivity index (χ2n) is 4.85. The fraction of sp³-hybridized carbons (Fsp3) is 0.538. The molecule has 0 saturated carbocycles. The molecule has 1 saturated heterocycles. The van der Waals surface area contributed by atoms with Crippen LogP contribution >= 0.6 is 0 Å². The van der Waals surface area contributed by atoms with Crippen molar-refractivity contribution in [2.75, 3.05) is 12.8 Å². The van der Waals surface area contributed by atoms with Gasteiger partial charge in [0.05, 0.1) is 0 Å². The van der Waals surface area contributed by atoms with Gasteiger partial charge in [-0.3, -0.25) is 0 Å². The molecule has 18 heavy (non-hydrogen) atoms. The molecule has 1 N–H and O–H groups in total. The van der Waals surface area contributed by atoms with E-state index < -0.39 is 15.7 Å². The molecule has 1 aromatic carbocycles. The number of piperidine rings is 1. The second-order valence-corrected chi connectivity index (χ2v) is 6.80. The van der Waals surface area contributed by atoms with Crippen molar-refractivity contribution in [1.82, 2.24) is 5.32 Å². The van der Waals surface area contributed by atoms with Crippen LogP contribution in [0.2, 0.25) is 0 Å². The number of sulfone groups is 1. The maximum atomic E-state index is 13.7. The highest BCUT2D eigenvalue weighted by atomic mass is 32.2. The third kappa shape index (κ3) is 3.09. The van der Waals surface area contributed by atoms with Crippen LogP contribution in [0, 0.1) is 5.82 Å². The molecule has 0 aliphatic carbocycles. The summed E-state index contributed by atoms with van der Waals surface area (Å²) in [5, 5.41) is 3.35. The molecule has 3 nitrogen and oxygen atoms in total. The van der Waals surface area contributed by atoms with E-state index >= 15 is 0 Å². The third-order valence-electron chi connectivity index (χ3n) is 3.30. The van der Waals surface area contributed by atoms with E-state index in [0.717, 1.165) is 32.1 Å². The molecule has 0 spiro atoms. The molecular formula is C13H18FNO2S. The van der Waals surface area contributed by atoms with E-state index in [1.807, 2.05) is 0 Å². The fourth-order valence-corrected chi connectivity index (χ4v) is 3.54. The molecule has 1 atom stereocenters. The molecule has 5 heteroatoms. The number of halogens is 1. The lowest BCUT2D eigenvalue weighted by Gasteiger charge is -2.24. The molecule has 0 aromatic heterocycles. The molecule has 0 amide bonds. The van der Waals surface area contributed by atoms with Gasteiger partial charge in [-0.2, -0.15) is 0 Å². The smallest absolute Gasteiger partial charge is 0.178 e. The first-order valence-corrected chi connectivity index (χ1v) is 8.08. The van der Waals surface area contributed by atoms with Crippen molar-refractivity contribution in [2.24, 2.45) is 0 Å². The van der Waals surface area contributed by atoms with Crippen molar-refractivity contribution in [2.45, 2.75) is 36.6 Å². The molecule has 1 aromatic rings. The molecule has 2 rings (SSSR count). The zero-order chi connectivity index (χ0) is 13.2. The number of nitrogens with one attached hydrogen (secondary N) is 1. The van der Waals surface area contributed by atoms with Crippen LogP contribution in [0.5, 0.6) is 0 Å². The van der Waals surface area contributed by atoms with Crippen LogP contribution in [0.3, 0.4) is 0 Å². The monoisotopic (exact) mass is 271 g/mol. The Hall–Kier alpha value is -0.940. The van der Waals surface area contributed by atoms with E-state index in [-0.39, 0.29) is 10.9 Å². The summed E-state index contributed by atoms with van der Waals surface area (Å²) in [6, 6.07) is 4.73. The van der Waals surface area contributed by atoms with Crippen LogP contribution in [0.4, 0.5) is 4.39 Å². The highest BCUT2D eigenvalue weighted by Crippen LogP contribution is 2.22. The van der Waals surface area contributed by atoms with Crippen LogP contribution in [-0.2, 0) is 16.3 Å². The Morgan fingerprint density at radius 3 is 2.78 bits per heavy atom. The van der Waals surface area contributed by atoms with Crippen LogP contribution in [0.25, 0.3) is 0 Å². The molecule has 0 radical (unpaired) electrons. The predicted octanol–water partition coefficient (Wildman–Crippen LogP) is 1.91. The number of hydrogen-bond acceptors (Lipinski definition) is 3. The maximum Gasteiger partial charge on any atom is 0.178 e. The molecule has 0 bridgehead atoms. The molecule has 100 valence electrons. The second kappa shape index (κ2) is 5.36. The first-order chi connectivity index (χ1) is 8.48. The van der Waals surface area contributed by atoms with Crippen molar-refractivity contribution in [3.05, 3.63) is 29.6 Å². The van der Waals surface area contributed by atoms with Gasteiger partial charge in [0.25, 0.3) is 0 Å². The topological polar surface area (TPSA) is 46.2 Å². The van der Waals surface area contributed by atoms with Gasteiger partial charge in [0.1, 0.15) is 10.7 Å². The zero-order valence-corrected chi connectivity index (χ0v) is 11.3. The summed E-state index contributed by atoms with van der Waals surface area (Å²) < 4.78 is 37.0. The van der Waals surface area contributed by atoms with Gasteiger partial charge < -0.3 is 5.32 Å². The standard InChI is InChI=1S/C13H18FNO2S/c1-18(16,17)13-10(5-4-7-12(13)14)9-11-6-2-3-8-15-11/h4-5,7,11,15H,2-3,6,8-9H2,1H3. The average molecular weight is 271 g/mol. The third-order valence-corrected chi connectivity index (χ3v) is 4.50. The van der Waals surface area contributed by atoms with Crippen molar-refractivity contribution >= 4 is 9.84 Å². The first-order valence-electron chi connectivity index (χ1n) is 6.19. The summed E-state index contributed by atoms with van der Waals surface area (Å²) in [5.74, 6) is -0.647. The van der Waals surface area contributed by atoms with E-state index in [1.54, 1.807) is 12.1 Å². The summed E-state index contributed by atoms with van der Waals surface area (Å²) >= 11 is 0. The van der Waals surface area contributed by atoms with Gasteiger partial charge in [0.2, 0.25) is 0 Å². The molecule has 1 fully saturated rings. The zero-order valence-electron chi connectivity index (χ0n) is 10.4. The molecule has 1 unspecified atom stereocenters. The van der Waals surface area contributed by atoms with E-state index in [9.17, 15) is 12.8 Å². The van der Waals surface area contributed by atoms with E-state index in [1.165, 1.54) is 6.07 Å². The minimum absolute atomic E-state index is 0.141. The molecule has 1 aliphatic heterocycles. The van der Waals surface area contributed by atoms with Crippen LogP contribution in [0.15, 0.2) is 23.1 Å². The lowest BCUT2D eigenvalue weighted by atomic mass is 9.98. The van der Waals surface area contributed by atoms with Crippen LogP contribution < -0.4 is 5.32 Å². The Morgan fingerprint density at radius 2 is 2.17 bits per heavy atom. The Labute approximate surface area is 107 Å². The van der Waals surface area contributed by atoms with E-state index in [0.29, 0.717) is 12.0 Å². The Kier molecular flexibility index (Phi) is 4.02. The van der Waals surface area contributed by atoms with Gasteiger partial charge in [-0.1, -0.05) is 18.6 Å². The Morgan fingerprint density at radius 1 is 1.39 bits per heavy atom. The van der Waals surface area contributed by atoms with Crippen molar-refractivity contribution in [3.8, 4) is 0 Å². The van der Waals surface area contributed by atoms with Crippen molar-refractivity contribution < 1.29 is 12.8 Å². The minimum Gasteiger partial charge on any atom is -0.314 e. The summed E-state index contributed by atoms with van der Waals surface area (Å²) in [6.45, 7) is 0.953. The summed E-state index contributed by atoms with van der Waals surface area (Å²) in [7, 11) is -3.52. The highest BCUT2D eigenvalue weighted by Gasteiger charge is 2.21. The van der Waals surface area contributed by atoms with Crippen molar-refractivity contribution in [3.63, 3.8) is 0 Å². The number of benzene rings is 1. The Balaban J connectivity index is 2.30. The number of rotatable bonds is 3. The van der Waals surface area contributed by atoms with Crippen LogP contribution in [-0.4, -0.2) is 27.3 Å². The van der Waals surface area contributed by atoms with E-state index in [2.05, 4.69) is 5.32 Å². The van der Waals surface area contributed by atoms with Gasteiger partial charge in [-0.05, 0) is 37.4 Å². The lowest BCUT2D eigenvalue weighted by molar-refractivity contribution is 0.396. The fourth-order valence-electron chi connectivity index (χ4n) is 2.49. The molecular weight excluding hydrogens is 253 g/mol.